The van der Waals surface area contributed by atoms with Gasteiger partial charge in [0.25, 0.3) is 0 Å². The lowest BCUT2D eigenvalue weighted by atomic mass is 9.97. The molecule has 1 fully saturated rings. The molecule has 0 amide bonds. The maximum Gasteiger partial charge on any atom is 0.237 e. The predicted octanol–water partition coefficient (Wildman–Crippen LogP) is 1.57. The van der Waals surface area contributed by atoms with E-state index >= 15 is 0 Å². The van der Waals surface area contributed by atoms with Crippen molar-refractivity contribution in [3.05, 3.63) is 17.5 Å². The Hall–Kier alpha value is -1.16. The molecule has 8 nitrogen and oxygen atoms in total. The van der Waals surface area contributed by atoms with Crippen molar-refractivity contribution in [2.24, 2.45) is 7.05 Å². The fraction of sp³-hybridized carbons (Fsp3) is 0.714. The van der Waals surface area contributed by atoms with Crippen LogP contribution >= 0.6 is 24.2 Å². The second-order valence-electron chi connectivity index (χ2n) is 5.56. The molecular weight excluding hydrogens is 352 g/mol. The monoisotopic (exact) mass is 374 g/mol. The summed E-state index contributed by atoms with van der Waals surface area (Å²) in [6.45, 7) is 2.69. The molecule has 2 aromatic heterocycles. The zero-order chi connectivity index (χ0) is 16.1. The molecular formula is C14H23ClN6O2S. The summed E-state index contributed by atoms with van der Waals surface area (Å²) in [6.07, 6.45) is 2.89. The average molecular weight is 375 g/mol. The van der Waals surface area contributed by atoms with Crippen LogP contribution in [0.4, 0.5) is 0 Å². The first kappa shape index (κ1) is 19.2. The first-order chi connectivity index (χ1) is 11.3. The highest BCUT2D eigenvalue weighted by Gasteiger charge is 2.22. The topological polar surface area (TPSA) is 90.9 Å². The summed E-state index contributed by atoms with van der Waals surface area (Å²) in [5, 5.41) is 16.9. The number of hydrogen-bond acceptors (Lipinski definition) is 8. The highest BCUT2D eigenvalue weighted by molar-refractivity contribution is 7.98. The molecule has 0 unspecified atom stereocenters. The fourth-order valence-corrected chi connectivity index (χ4v) is 3.41. The molecule has 0 radical (unpaired) electrons. The number of piperidine rings is 1. The van der Waals surface area contributed by atoms with Gasteiger partial charge in [0.15, 0.2) is 11.0 Å². The number of rotatable bonds is 7. The van der Waals surface area contributed by atoms with Crippen molar-refractivity contribution < 1.29 is 9.26 Å². The van der Waals surface area contributed by atoms with E-state index < -0.39 is 0 Å². The van der Waals surface area contributed by atoms with Gasteiger partial charge in [0.2, 0.25) is 5.89 Å². The Morgan fingerprint density at radius 1 is 1.33 bits per heavy atom. The van der Waals surface area contributed by atoms with Crippen molar-refractivity contribution in [1.82, 2.24) is 30.2 Å². The van der Waals surface area contributed by atoms with Crippen LogP contribution in [0.15, 0.2) is 9.68 Å². The van der Waals surface area contributed by atoms with Gasteiger partial charge in [0.1, 0.15) is 5.82 Å². The minimum Gasteiger partial charge on any atom is -0.384 e. The van der Waals surface area contributed by atoms with Gasteiger partial charge in [0, 0.05) is 26.5 Å². The molecule has 3 rings (SSSR count). The number of nitrogens with one attached hydrogen (secondary N) is 1. The largest absolute Gasteiger partial charge is 0.384 e. The first-order valence-electron chi connectivity index (χ1n) is 7.81. The highest BCUT2D eigenvalue weighted by Crippen LogP contribution is 2.27. The van der Waals surface area contributed by atoms with Crippen molar-refractivity contribution in [2.45, 2.75) is 36.1 Å². The minimum absolute atomic E-state index is 0. The summed E-state index contributed by atoms with van der Waals surface area (Å²) >= 11 is 1.57. The van der Waals surface area contributed by atoms with Crippen LogP contribution in [0, 0.1) is 0 Å². The Labute approximate surface area is 151 Å². The lowest BCUT2D eigenvalue weighted by molar-refractivity contribution is 0.199. The second kappa shape index (κ2) is 9.36. The molecule has 1 aliphatic rings. The van der Waals surface area contributed by atoms with Crippen molar-refractivity contribution in [3.8, 4) is 0 Å². The lowest BCUT2D eigenvalue weighted by Gasteiger charge is -2.21. The molecule has 24 heavy (non-hydrogen) atoms. The molecule has 0 spiro atoms. The Kier molecular flexibility index (Phi) is 7.47. The second-order valence-corrected chi connectivity index (χ2v) is 6.50. The SMILES string of the molecule is COCCc1noc(CSc2nnc(C3CCNCC3)n2C)n1.Cl. The number of halogens is 1. The molecule has 1 aliphatic heterocycles. The Morgan fingerprint density at radius 3 is 2.88 bits per heavy atom. The van der Waals surface area contributed by atoms with Gasteiger partial charge in [-0.2, -0.15) is 4.98 Å². The number of ether oxygens (including phenoxy) is 1. The summed E-state index contributed by atoms with van der Waals surface area (Å²) in [7, 11) is 3.68. The third-order valence-corrected chi connectivity index (χ3v) is 4.94. The summed E-state index contributed by atoms with van der Waals surface area (Å²) < 4.78 is 12.3. The van der Waals surface area contributed by atoms with Crippen LogP contribution in [-0.4, -0.2) is 51.7 Å². The molecule has 0 bridgehead atoms. The van der Waals surface area contributed by atoms with Crippen LogP contribution in [0.3, 0.4) is 0 Å². The Morgan fingerprint density at radius 2 is 2.12 bits per heavy atom. The van der Waals surface area contributed by atoms with Gasteiger partial charge < -0.3 is 19.1 Å². The highest BCUT2D eigenvalue weighted by atomic mass is 35.5. The van der Waals surface area contributed by atoms with Crippen molar-refractivity contribution in [2.75, 3.05) is 26.8 Å². The van der Waals surface area contributed by atoms with Crippen LogP contribution in [0.5, 0.6) is 0 Å². The van der Waals surface area contributed by atoms with E-state index in [1.54, 1.807) is 18.9 Å². The van der Waals surface area contributed by atoms with Crippen LogP contribution in [-0.2, 0) is 24.0 Å². The number of thioether (sulfide) groups is 1. The van der Waals surface area contributed by atoms with Gasteiger partial charge in [-0.05, 0) is 25.9 Å². The van der Waals surface area contributed by atoms with Crippen molar-refractivity contribution in [3.63, 3.8) is 0 Å². The molecule has 3 heterocycles. The normalized spacial score (nSPS) is 15.4. The lowest BCUT2D eigenvalue weighted by Crippen LogP contribution is -2.27. The maximum atomic E-state index is 5.24. The summed E-state index contributed by atoms with van der Waals surface area (Å²) in [4.78, 5) is 4.34. The van der Waals surface area contributed by atoms with Crippen molar-refractivity contribution >= 4 is 24.2 Å². The number of aromatic nitrogens is 5. The smallest absolute Gasteiger partial charge is 0.237 e. The van der Waals surface area contributed by atoms with E-state index in [0.29, 0.717) is 36.4 Å². The average Bonchev–Trinajstić information content (AvgIpc) is 3.18. The van der Waals surface area contributed by atoms with Gasteiger partial charge in [0.05, 0.1) is 12.4 Å². The molecule has 134 valence electrons. The zero-order valence-corrected chi connectivity index (χ0v) is 15.5. The molecule has 0 atom stereocenters. The van der Waals surface area contributed by atoms with E-state index in [4.69, 9.17) is 9.26 Å². The zero-order valence-electron chi connectivity index (χ0n) is 13.9. The number of methoxy groups -OCH3 is 1. The third-order valence-electron chi connectivity index (χ3n) is 3.94. The summed E-state index contributed by atoms with van der Waals surface area (Å²) in [5.74, 6) is 3.44. The van der Waals surface area contributed by atoms with Crippen molar-refractivity contribution in [1.29, 1.82) is 0 Å². The minimum atomic E-state index is 0. The number of hydrogen-bond donors (Lipinski definition) is 1. The fourth-order valence-electron chi connectivity index (χ4n) is 2.66. The molecule has 1 N–H and O–H groups in total. The Bertz CT molecular complexity index is 629. The van der Waals surface area contributed by atoms with Gasteiger partial charge in [-0.1, -0.05) is 16.9 Å². The third kappa shape index (κ3) is 4.69. The molecule has 0 aliphatic carbocycles. The van der Waals surface area contributed by atoms with E-state index in [1.165, 1.54) is 0 Å². The molecule has 0 aromatic carbocycles. The van der Waals surface area contributed by atoms with Gasteiger partial charge in [-0.15, -0.1) is 22.6 Å². The molecule has 0 saturated carbocycles. The standard InChI is InChI=1S/C14H22N6O2S.ClH/c1-20-13(10-3-6-15-7-4-10)17-18-14(20)23-9-12-16-11(19-22-12)5-8-21-2;/h10,15H,3-9H2,1-2H3;1H. The van der Waals surface area contributed by atoms with Crippen LogP contribution in [0.2, 0.25) is 0 Å². The quantitative estimate of drug-likeness (QED) is 0.730. The van der Waals surface area contributed by atoms with Gasteiger partial charge in [-0.25, -0.2) is 0 Å². The van der Waals surface area contributed by atoms with Crippen LogP contribution in [0.1, 0.15) is 36.3 Å². The number of nitrogens with zero attached hydrogens (tertiary/aromatic N) is 5. The molecule has 1 saturated heterocycles. The van der Waals surface area contributed by atoms with Crippen LogP contribution in [0.25, 0.3) is 0 Å². The molecule has 10 heteroatoms. The maximum absolute atomic E-state index is 5.24. The van der Waals surface area contributed by atoms with Gasteiger partial charge >= 0.3 is 0 Å². The summed E-state index contributed by atoms with van der Waals surface area (Å²) in [6, 6.07) is 0. The van der Waals surface area contributed by atoms with E-state index in [0.717, 1.165) is 36.9 Å². The predicted molar refractivity (Wildman–Crippen MR) is 92.5 cm³/mol. The van der Waals surface area contributed by atoms with E-state index in [1.807, 2.05) is 7.05 Å². The van der Waals surface area contributed by atoms with E-state index in [9.17, 15) is 0 Å². The Balaban J connectivity index is 0.00000208. The van der Waals surface area contributed by atoms with E-state index in [-0.39, 0.29) is 12.4 Å². The summed E-state index contributed by atoms with van der Waals surface area (Å²) in [5.41, 5.74) is 0. The molecule has 2 aromatic rings. The van der Waals surface area contributed by atoms with E-state index in [2.05, 4.69) is 30.2 Å². The van der Waals surface area contributed by atoms with Gasteiger partial charge in [-0.3, -0.25) is 0 Å². The van der Waals surface area contributed by atoms with Crippen LogP contribution < -0.4 is 5.32 Å². The first-order valence-corrected chi connectivity index (χ1v) is 8.79.